The molecule has 0 unspecified atom stereocenters. The van der Waals surface area contributed by atoms with Gasteiger partial charge in [-0.25, -0.2) is 0 Å². The number of rotatable bonds is 5. The van der Waals surface area contributed by atoms with Crippen molar-refractivity contribution >= 4 is 5.91 Å². The molecule has 2 aliphatic rings. The Balaban J connectivity index is 1.48. The Kier molecular flexibility index (Phi) is 4.54. The molecule has 1 aromatic rings. The molecule has 2 fully saturated rings. The van der Waals surface area contributed by atoms with Crippen LogP contribution in [0.3, 0.4) is 0 Å². The fourth-order valence-corrected chi connectivity index (χ4v) is 4.41. The first-order valence-electron chi connectivity index (χ1n) is 9.31. The maximum atomic E-state index is 12.3. The van der Waals surface area contributed by atoms with Crippen LogP contribution in [0.1, 0.15) is 77.7 Å². The molecule has 2 N–H and O–H groups in total. The van der Waals surface area contributed by atoms with Crippen LogP contribution >= 0.6 is 0 Å². The van der Waals surface area contributed by atoms with Crippen LogP contribution in [0.25, 0.3) is 0 Å². The van der Waals surface area contributed by atoms with Gasteiger partial charge in [-0.15, -0.1) is 0 Å². The average Bonchev–Trinajstić information content (AvgIpc) is 2.96. The average molecular weight is 332 g/mol. The first-order chi connectivity index (χ1) is 11.1. The van der Waals surface area contributed by atoms with E-state index < -0.39 is 0 Å². The topological polar surface area (TPSA) is 54.3 Å². The third-order valence-electron chi connectivity index (χ3n) is 5.31. The number of carbonyl (C=O) groups is 1. The van der Waals surface area contributed by atoms with Crippen molar-refractivity contribution in [1.29, 1.82) is 0 Å². The number of aryl methyl sites for hydroxylation is 1. The summed E-state index contributed by atoms with van der Waals surface area (Å²) in [7, 11) is 0. The van der Waals surface area contributed by atoms with E-state index in [1.54, 1.807) is 0 Å². The molecule has 2 atom stereocenters. The van der Waals surface area contributed by atoms with Crippen LogP contribution in [0.15, 0.2) is 16.5 Å². The van der Waals surface area contributed by atoms with Gasteiger partial charge < -0.3 is 15.1 Å². The van der Waals surface area contributed by atoms with Gasteiger partial charge in [-0.3, -0.25) is 4.79 Å². The zero-order valence-electron chi connectivity index (χ0n) is 15.7. The SMILES string of the molecule is C[C@@H]1C[C@@H]1c1ccc(CCC(=O)NC2CC(C)(C)NC(C)(C)C2)o1. The quantitative estimate of drug-likeness (QED) is 0.863. The molecule has 1 aromatic heterocycles. The van der Waals surface area contributed by atoms with Crippen LogP contribution in [0.2, 0.25) is 0 Å². The van der Waals surface area contributed by atoms with E-state index in [4.69, 9.17) is 4.42 Å². The fraction of sp³-hybridized carbons (Fsp3) is 0.750. The second kappa shape index (κ2) is 6.21. The predicted molar refractivity (Wildman–Crippen MR) is 96.0 cm³/mol. The number of carbonyl (C=O) groups excluding carboxylic acids is 1. The maximum absolute atomic E-state index is 12.3. The third kappa shape index (κ3) is 4.41. The van der Waals surface area contributed by atoms with Crippen LogP contribution in [0, 0.1) is 5.92 Å². The zero-order chi connectivity index (χ0) is 17.5. The van der Waals surface area contributed by atoms with Crippen molar-refractivity contribution in [2.45, 2.75) is 89.8 Å². The summed E-state index contributed by atoms with van der Waals surface area (Å²) in [5.41, 5.74) is 0.104. The largest absolute Gasteiger partial charge is 0.466 e. The van der Waals surface area contributed by atoms with Gasteiger partial charge in [0.15, 0.2) is 0 Å². The molecule has 0 spiro atoms. The summed E-state index contributed by atoms with van der Waals surface area (Å²) >= 11 is 0. The molecule has 1 saturated heterocycles. The molecule has 24 heavy (non-hydrogen) atoms. The molecular weight excluding hydrogens is 300 g/mol. The second-order valence-electron chi connectivity index (χ2n) is 9.19. The van der Waals surface area contributed by atoms with Crippen molar-refractivity contribution in [2.75, 3.05) is 0 Å². The number of nitrogens with one attached hydrogen (secondary N) is 2. The first kappa shape index (κ1) is 17.5. The van der Waals surface area contributed by atoms with Gasteiger partial charge in [0, 0.05) is 35.9 Å². The number of piperidine rings is 1. The maximum Gasteiger partial charge on any atom is 0.220 e. The van der Waals surface area contributed by atoms with E-state index in [0.717, 1.165) is 30.3 Å². The summed E-state index contributed by atoms with van der Waals surface area (Å²) in [6.07, 6.45) is 4.34. The highest BCUT2D eigenvalue weighted by atomic mass is 16.3. The van der Waals surface area contributed by atoms with Gasteiger partial charge in [0.05, 0.1) is 0 Å². The van der Waals surface area contributed by atoms with E-state index in [1.807, 2.05) is 6.07 Å². The molecule has 0 radical (unpaired) electrons. The molecule has 2 heterocycles. The van der Waals surface area contributed by atoms with E-state index in [2.05, 4.69) is 51.3 Å². The Hall–Kier alpha value is -1.29. The molecule has 1 aliphatic carbocycles. The fourth-order valence-electron chi connectivity index (χ4n) is 4.41. The highest BCUT2D eigenvalue weighted by Crippen LogP contribution is 2.47. The van der Waals surface area contributed by atoms with Gasteiger partial charge in [-0.05, 0) is 65.0 Å². The van der Waals surface area contributed by atoms with Crippen molar-refractivity contribution in [2.24, 2.45) is 5.92 Å². The minimum absolute atomic E-state index is 0.0521. The van der Waals surface area contributed by atoms with E-state index in [9.17, 15) is 4.79 Å². The Labute approximate surface area is 145 Å². The highest BCUT2D eigenvalue weighted by Gasteiger charge is 2.38. The summed E-state index contributed by atoms with van der Waals surface area (Å²) in [4.78, 5) is 12.3. The summed E-state index contributed by atoms with van der Waals surface area (Å²) in [6, 6.07) is 4.35. The lowest BCUT2D eigenvalue weighted by molar-refractivity contribution is -0.122. The lowest BCUT2D eigenvalue weighted by Gasteiger charge is -2.46. The summed E-state index contributed by atoms with van der Waals surface area (Å²) in [5.74, 6) is 3.52. The number of amides is 1. The minimum Gasteiger partial charge on any atom is -0.466 e. The lowest BCUT2D eigenvalue weighted by atomic mass is 9.79. The standard InChI is InChI=1S/C20H32N2O2/c1-13-10-16(13)17-8-6-15(24-17)7-9-18(23)21-14-11-19(2,3)22-20(4,5)12-14/h6,8,13-14,16,22H,7,9-12H2,1-5H3,(H,21,23)/t13-,16+/m1/s1. The minimum atomic E-state index is 0.0521. The molecule has 134 valence electrons. The van der Waals surface area contributed by atoms with Gasteiger partial charge in [-0.2, -0.15) is 0 Å². The van der Waals surface area contributed by atoms with Gasteiger partial charge in [-0.1, -0.05) is 6.92 Å². The Bertz CT molecular complexity index is 587. The van der Waals surface area contributed by atoms with Gasteiger partial charge in [0.2, 0.25) is 5.91 Å². The normalized spacial score (nSPS) is 28.5. The smallest absolute Gasteiger partial charge is 0.220 e. The monoisotopic (exact) mass is 332 g/mol. The second-order valence-corrected chi connectivity index (χ2v) is 9.19. The van der Waals surface area contributed by atoms with Crippen LogP contribution in [0.5, 0.6) is 0 Å². The van der Waals surface area contributed by atoms with Crippen molar-refractivity contribution in [1.82, 2.24) is 10.6 Å². The van der Waals surface area contributed by atoms with Crippen molar-refractivity contribution in [3.63, 3.8) is 0 Å². The predicted octanol–water partition coefficient (Wildman–Crippen LogP) is 3.76. The van der Waals surface area contributed by atoms with Crippen molar-refractivity contribution in [3.05, 3.63) is 23.7 Å². The highest BCUT2D eigenvalue weighted by molar-refractivity contribution is 5.76. The molecule has 4 heteroatoms. The molecule has 3 rings (SSSR count). The van der Waals surface area contributed by atoms with E-state index >= 15 is 0 Å². The van der Waals surface area contributed by atoms with E-state index in [1.165, 1.54) is 6.42 Å². The van der Waals surface area contributed by atoms with Crippen LogP contribution in [-0.2, 0) is 11.2 Å². The Morgan fingerprint density at radius 3 is 2.46 bits per heavy atom. The molecule has 0 aromatic carbocycles. The lowest BCUT2D eigenvalue weighted by Crippen LogP contribution is -2.62. The molecular formula is C20H32N2O2. The Morgan fingerprint density at radius 2 is 1.88 bits per heavy atom. The molecule has 1 amide bonds. The van der Waals surface area contributed by atoms with Crippen LogP contribution in [0.4, 0.5) is 0 Å². The summed E-state index contributed by atoms with van der Waals surface area (Å²) < 4.78 is 5.89. The first-order valence-corrected chi connectivity index (χ1v) is 9.31. The summed E-state index contributed by atoms with van der Waals surface area (Å²) in [5, 5.41) is 6.88. The van der Waals surface area contributed by atoms with E-state index in [-0.39, 0.29) is 23.0 Å². The number of hydrogen-bond acceptors (Lipinski definition) is 3. The Morgan fingerprint density at radius 1 is 1.25 bits per heavy atom. The van der Waals surface area contributed by atoms with Crippen LogP contribution in [-0.4, -0.2) is 23.0 Å². The van der Waals surface area contributed by atoms with Crippen molar-refractivity contribution < 1.29 is 9.21 Å². The van der Waals surface area contributed by atoms with Gasteiger partial charge in [0.25, 0.3) is 0 Å². The number of hydrogen-bond donors (Lipinski definition) is 2. The van der Waals surface area contributed by atoms with Crippen molar-refractivity contribution in [3.8, 4) is 0 Å². The molecule has 1 aliphatic heterocycles. The summed E-state index contributed by atoms with van der Waals surface area (Å²) in [6.45, 7) is 11.1. The zero-order valence-corrected chi connectivity index (χ0v) is 15.7. The van der Waals surface area contributed by atoms with Crippen LogP contribution < -0.4 is 10.6 Å². The molecule has 0 bridgehead atoms. The molecule has 4 nitrogen and oxygen atoms in total. The van der Waals surface area contributed by atoms with Gasteiger partial charge >= 0.3 is 0 Å². The third-order valence-corrected chi connectivity index (χ3v) is 5.31. The number of furan rings is 1. The molecule has 1 saturated carbocycles. The van der Waals surface area contributed by atoms with E-state index in [0.29, 0.717) is 18.8 Å². The van der Waals surface area contributed by atoms with Gasteiger partial charge in [0.1, 0.15) is 11.5 Å².